The van der Waals surface area contributed by atoms with Crippen LogP contribution in [-0.4, -0.2) is 38.7 Å². The number of nitrogens with one attached hydrogen (secondary N) is 2. The fourth-order valence-electron chi connectivity index (χ4n) is 3.42. The van der Waals surface area contributed by atoms with Crippen LogP contribution in [-0.2, 0) is 16.0 Å². The quantitative estimate of drug-likeness (QED) is 0.751. The van der Waals surface area contributed by atoms with Gasteiger partial charge in [0.2, 0.25) is 11.8 Å². The molecule has 2 aromatic carbocycles. The Hall–Kier alpha value is -3.22. The van der Waals surface area contributed by atoms with E-state index in [0.29, 0.717) is 49.8 Å². The average Bonchev–Trinajstić information content (AvgIpc) is 3.55. The molecule has 2 unspecified atom stereocenters. The number of ether oxygens (including phenoxy) is 3. The molecule has 2 amide bonds. The number of carbonyl (C=O) groups excluding carboxylic acids is 2. The van der Waals surface area contributed by atoms with Crippen LogP contribution in [0.2, 0.25) is 0 Å². The number of hydrogen-bond acceptors (Lipinski definition) is 5. The van der Waals surface area contributed by atoms with Crippen molar-refractivity contribution in [3.05, 3.63) is 48.0 Å². The maximum Gasteiger partial charge on any atom is 0.228 e. The highest BCUT2D eigenvalue weighted by Crippen LogP contribution is 2.40. The Bertz CT molecular complexity index is 914. The second-order valence-electron chi connectivity index (χ2n) is 7.19. The summed E-state index contributed by atoms with van der Waals surface area (Å²) in [7, 11) is 1.63. The van der Waals surface area contributed by atoms with E-state index >= 15 is 0 Å². The first-order valence-electron chi connectivity index (χ1n) is 9.75. The molecule has 2 aromatic rings. The van der Waals surface area contributed by atoms with Crippen molar-refractivity contribution in [2.24, 2.45) is 11.8 Å². The normalized spacial score (nSPS) is 19.2. The van der Waals surface area contributed by atoms with Gasteiger partial charge in [-0.15, -0.1) is 0 Å². The maximum absolute atomic E-state index is 12.4. The third kappa shape index (κ3) is 4.62. The summed E-state index contributed by atoms with van der Waals surface area (Å²) in [6.45, 7) is 1.54. The van der Waals surface area contributed by atoms with Crippen LogP contribution in [0.1, 0.15) is 12.0 Å². The lowest BCUT2D eigenvalue weighted by molar-refractivity contribution is -0.125. The van der Waals surface area contributed by atoms with Crippen LogP contribution in [0.5, 0.6) is 17.2 Å². The monoisotopic (exact) mass is 396 g/mol. The second kappa shape index (κ2) is 8.43. The van der Waals surface area contributed by atoms with E-state index in [1.54, 1.807) is 25.3 Å². The molecule has 0 radical (unpaired) electrons. The van der Waals surface area contributed by atoms with Crippen molar-refractivity contribution < 1.29 is 23.8 Å². The van der Waals surface area contributed by atoms with Crippen LogP contribution in [0.15, 0.2) is 42.5 Å². The molecule has 1 saturated carbocycles. The molecule has 2 aliphatic rings. The summed E-state index contributed by atoms with van der Waals surface area (Å²) < 4.78 is 16.2. The predicted molar refractivity (Wildman–Crippen MR) is 107 cm³/mol. The van der Waals surface area contributed by atoms with E-state index in [-0.39, 0.29) is 23.7 Å². The largest absolute Gasteiger partial charge is 0.497 e. The number of fused-ring (bicyclic) bond motifs is 1. The lowest BCUT2D eigenvalue weighted by atomic mass is 10.1. The molecule has 0 bridgehead atoms. The third-order valence-corrected chi connectivity index (χ3v) is 5.12. The van der Waals surface area contributed by atoms with Gasteiger partial charge < -0.3 is 24.8 Å². The predicted octanol–water partition coefficient (Wildman–Crippen LogP) is 2.40. The van der Waals surface area contributed by atoms with E-state index in [0.717, 1.165) is 11.3 Å². The Morgan fingerprint density at radius 1 is 1.03 bits per heavy atom. The molecule has 0 saturated heterocycles. The van der Waals surface area contributed by atoms with Gasteiger partial charge in [0.25, 0.3) is 0 Å². The Kier molecular flexibility index (Phi) is 5.55. The summed E-state index contributed by atoms with van der Waals surface area (Å²) in [6, 6.07) is 13.1. The first kappa shape index (κ1) is 19.1. The topological polar surface area (TPSA) is 85.9 Å². The molecule has 7 nitrogen and oxygen atoms in total. The minimum absolute atomic E-state index is 0.0739. The SMILES string of the molecule is COc1cccc(CCNC(=O)C2CC2C(=O)Nc2ccc3c(c2)OCCO3)c1. The minimum atomic E-state index is -0.292. The van der Waals surface area contributed by atoms with Crippen LogP contribution in [0.25, 0.3) is 0 Å². The fourth-order valence-corrected chi connectivity index (χ4v) is 3.42. The Morgan fingerprint density at radius 3 is 2.66 bits per heavy atom. The Morgan fingerprint density at radius 2 is 1.83 bits per heavy atom. The number of anilines is 1. The van der Waals surface area contributed by atoms with Crippen molar-refractivity contribution in [2.75, 3.05) is 32.2 Å². The zero-order valence-corrected chi connectivity index (χ0v) is 16.3. The molecule has 0 spiro atoms. The number of rotatable bonds is 7. The third-order valence-electron chi connectivity index (χ3n) is 5.12. The molecule has 2 N–H and O–H groups in total. The van der Waals surface area contributed by atoms with Gasteiger partial charge in [0.1, 0.15) is 19.0 Å². The van der Waals surface area contributed by atoms with Gasteiger partial charge in [-0.05, 0) is 42.7 Å². The van der Waals surface area contributed by atoms with Crippen molar-refractivity contribution in [1.82, 2.24) is 5.32 Å². The highest BCUT2D eigenvalue weighted by molar-refractivity contribution is 5.99. The second-order valence-corrected chi connectivity index (χ2v) is 7.19. The first-order chi connectivity index (χ1) is 14.1. The van der Waals surface area contributed by atoms with Crippen LogP contribution < -0.4 is 24.8 Å². The number of benzene rings is 2. The molecule has 1 aliphatic carbocycles. The van der Waals surface area contributed by atoms with E-state index in [1.165, 1.54) is 0 Å². The fraction of sp³-hybridized carbons (Fsp3) is 0.364. The summed E-state index contributed by atoms with van der Waals surface area (Å²) in [5.41, 5.74) is 1.73. The molecule has 152 valence electrons. The lowest BCUT2D eigenvalue weighted by Crippen LogP contribution is -2.29. The highest BCUT2D eigenvalue weighted by atomic mass is 16.6. The molecule has 1 heterocycles. The molecule has 2 atom stereocenters. The van der Waals surface area contributed by atoms with Crippen LogP contribution in [0, 0.1) is 11.8 Å². The van der Waals surface area contributed by atoms with Crippen LogP contribution in [0.3, 0.4) is 0 Å². The lowest BCUT2D eigenvalue weighted by Gasteiger charge is -2.19. The standard InChI is InChI=1S/C22H24N2O5/c1-27-16-4-2-3-14(11-16)7-8-23-21(25)17-13-18(17)22(26)24-15-5-6-19-20(12-15)29-10-9-28-19/h2-6,11-12,17-18H,7-10,13H2,1H3,(H,23,25)(H,24,26). The van der Waals surface area contributed by atoms with E-state index < -0.39 is 0 Å². The summed E-state index contributed by atoms with van der Waals surface area (Å²) in [6.07, 6.45) is 1.28. The van der Waals surface area contributed by atoms with Crippen LogP contribution in [0.4, 0.5) is 5.69 Å². The molecule has 7 heteroatoms. The number of carbonyl (C=O) groups is 2. The smallest absolute Gasteiger partial charge is 0.228 e. The molecular formula is C22H24N2O5. The molecule has 1 aliphatic heterocycles. The van der Waals surface area contributed by atoms with Crippen LogP contribution >= 0.6 is 0 Å². The molecular weight excluding hydrogens is 372 g/mol. The Balaban J connectivity index is 1.23. The maximum atomic E-state index is 12.4. The number of methoxy groups -OCH3 is 1. The average molecular weight is 396 g/mol. The summed E-state index contributed by atoms with van der Waals surface area (Å²) in [5.74, 6) is 1.32. The first-order valence-corrected chi connectivity index (χ1v) is 9.75. The molecule has 29 heavy (non-hydrogen) atoms. The van der Waals surface area contributed by atoms with Crippen molar-refractivity contribution in [3.8, 4) is 17.2 Å². The molecule has 1 fully saturated rings. The van der Waals surface area contributed by atoms with Gasteiger partial charge in [-0.3, -0.25) is 9.59 Å². The van der Waals surface area contributed by atoms with Gasteiger partial charge in [0.05, 0.1) is 18.9 Å². The summed E-state index contributed by atoms with van der Waals surface area (Å²) in [5, 5.41) is 5.79. The zero-order valence-electron chi connectivity index (χ0n) is 16.3. The van der Waals surface area contributed by atoms with Gasteiger partial charge in [0, 0.05) is 18.3 Å². The highest BCUT2D eigenvalue weighted by Gasteiger charge is 2.47. The number of hydrogen-bond donors (Lipinski definition) is 2. The van der Waals surface area contributed by atoms with Gasteiger partial charge in [-0.1, -0.05) is 12.1 Å². The van der Waals surface area contributed by atoms with E-state index in [2.05, 4.69) is 10.6 Å². The van der Waals surface area contributed by atoms with Gasteiger partial charge in [-0.25, -0.2) is 0 Å². The Labute approximate surface area is 169 Å². The van der Waals surface area contributed by atoms with E-state index in [1.807, 2.05) is 24.3 Å². The van der Waals surface area contributed by atoms with E-state index in [9.17, 15) is 9.59 Å². The molecule has 4 rings (SSSR count). The van der Waals surface area contributed by atoms with Crippen molar-refractivity contribution in [1.29, 1.82) is 0 Å². The summed E-state index contributed by atoms with van der Waals surface area (Å²) >= 11 is 0. The zero-order chi connectivity index (χ0) is 20.2. The van der Waals surface area contributed by atoms with Crippen molar-refractivity contribution in [2.45, 2.75) is 12.8 Å². The molecule has 0 aromatic heterocycles. The minimum Gasteiger partial charge on any atom is -0.497 e. The van der Waals surface area contributed by atoms with Crippen molar-refractivity contribution >= 4 is 17.5 Å². The van der Waals surface area contributed by atoms with Gasteiger partial charge in [0.15, 0.2) is 11.5 Å². The summed E-state index contributed by atoms with van der Waals surface area (Å²) in [4.78, 5) is 24.8. The number of amides is 2. The van der Waals surface area contributed by atoms with Gasteiger partial charge >= 0.3 is 0 Å². The van der Waals surface area contributed by atoms with E-state index in [4.69, 9.17) is 14.2 Å². The van der Waals surface area contributed by atoms with Gasteiger partial charge in [-0.2, -0.15) is 0 Å². The van der Waals surface area contributed by atoms with Crippen molar-refractivity contribution in [3.63, 3.8) is 0 Å².